The Morgan fingerprint density at radius 3 is 2.79 bits per heavy atom. The van der Waals surface area contributed by atoms with E-state index in [4.69, 9.17) is 15.5 Å². The number of carbonyl (C=O) groups excluding carboxylic acids is 1. The van der Waals surface area contributed by atoms with Crippen LogP contribution in [-0.4, -0.2) is 86.8 Å². The highest BCUT2D eigenvalue weighted by Gasteiger charge is 2.46. The zero-order chi connectivity index (χ0) is 24.7. The van der Waals surface area contributed by atoms with Crippen molar-refractivity contribution in [1.29, 1.82) is 5.26 Å². The number of nitrogens with two attached hydrogens (primary N) is 1. The van der Waals surface area contributed by atoms with E-state index in [-0.39, 0.29) is 22.7 Å². The van der Waals surface area contributed by atoms with Crippen molar-refractivity contribution < 1.29 is 14.0 Å². The third-order valence-corrected chi connectivity index (χ3v) is 6.62. The number of nitrogens with zero attached hydrogens (tertiary/aromatic N) is 7. The largest absolute Gasteiger partial charge is 0.444 e. The first-order chi connectivity index (χ1) is 16.0. The van der Waals surface area contributed by atoms with Crippen LogP contribution in [0.1, 0.15) is 39.7 Å². The topological polar surface area (TPSA) is 137 Å². The Labute approximate surface area is 199 Å². The number of hydrogen-bond acceptors (Lipinski definition) is 7. The van der Waals surface area contributed by atoms with Gasteiger partial charge in [-0.1, -0.05) is 0 Å². The van der Waals surface area contributed by atoms with E-state index in [1.807, 2.05) is 40.8 Å². The molecule has 2 aromatic rings. The molecule has 2 fully saturated rings. The Morgan fingerprint density at radius 1 is 1.35 bits per heavy atom. The lowest BCUT2D eigenvalue weighted by atomic mass is 10.1. The molecule has 11 heteroatoms. The van der Waals surface area contributed by atoms with Crippen molar-refractivity contribution in [2.75, 3.05) is 37.6 Å². The molecule has 3 N–H and O–H groups in total. The van der Waals surface area contributed by atoms with Crippen molar-refractivity contribution in [3.63, 3.8) is 0 Å². The summed E-state index contributed by atoms with van der Waals surface area (Å²) >= 11 is 0. The van der Waals surface area contributed by atoms with Gasteiger partial charge < -0.3 is 25.3 Å². The van der Waals surface area contributed by atoms with Gasteiger partial charge in [-0.25, -0.2) is 19.8 Å². The maximum Gasteiger partial charge on any atom is 0.410 e. The number of nitrogens with one attached hydrogen (secondary N) is 1. The maximum atomic E-state index is 12.4. The molecular weight excluding hydrogens is 434 g/mol. The molecule has 0 aliphatic carbocycles. The molecule has 4 rings (SSSR count). The van der Waals surface area contributed by atoms with Crippen LogP contribution in [0.3, 0.4) is 0 Å². The second-order valence-corrected chi connectivity index (χ2v) is 10.2. The fraction of sp³-hybridized carbons (Fsp3) is 0.609. The van der Waals surface area contributed by atoms with Crippen LogP contribution < -0.4 is 10.6 Å². The SMILES string of the molecule is Cc1c[nH]c2ncnc(N3CC[N@@+](C#N)(C(N)=NC4CCN(C(=O)OC(C)(C)C)C4)[C@@H](C)C3)c12. The minimum Gasteiger partial charge on any atom is -0.444 e. The average molecular weight is 469 g/mol. The van der Waals surface area contributed by atoms with Crippen molar-refractivity contribution in [1.82, 2.24) is 19.9 Å². The number of aromatic amines is 1. The molecule has 4 heterocycles. The van der Waals surface area contributed by atoms with Crippen molar-refractivity contribution in [2.24, 2.45) is 10.7 Å². The van der Waals surface area contributed by atoms with Gasteiger partial charge in [0.2, 0.25) is 0 Å². The number of likely N-dealkylation sites (tertiary alicyclic amines) is 1. The zero-order valence-electron chi connectivity index (χ0n) is 20.6. The van der Waals surface area contributed by atoms with Crippen LogP contribution in [0.4, 0.5) is 10.6 Å². The van der Waals surface area contributed by atoms with Gasteiger partial charge in [0, 0.05) is 19.3 Å². The number of carbonyl (C=O) groups is 1. The van der Waals surface area contributed by atoms with E-state index in [9.17, 15) is 10.1 Å². The molecule has 0 aromatic carbocycles. The van der Waals surface area contributed by atoms with Crippen LogP contribution in [-0.2, 0) is 4.74 Å². The first kappa shape index (κ1) is 23.8. The molecule has 1 amide bonds. The third kappa shape index (κ3) is 4.37. The second-order valence-electron chi connectivity index (χ2n) is 10.2. The van der Waals surface area contributed by atoms with Gasteiger partial charge in [-0.05, 0) is 46.6 Å². The summed E-state index contributed by atoms with van der Waals surface area (Å²) in [5.74, 6) is 1.17. The minimum absolute atomic E-state index is 0.0419. The Morgan fingerprint density at radius 2 is 2.12 bits per heavy atom. The van der Waals surface area contributed by atoms with E-state index in [1.165, 1.54) is 0 Å². The summed E-state index contributed by atoms with van der Waals surface area (Å²) in [5.41, 5.74) is 7.83. The average Bonchev–Trinajstić information content (AvgIpc) is 3.39. The first-order valence-corrected chi connectivity index (χ1v) is 11.7. The molecule has 2 aliphatic heterocycles. The molecule has 2 aliphatic rings. The van der Waals surface area contributed by atoms with Crippen molar-refractivity contribution in [2.45, 2.75) is 58.7 Å². The van der Waals surface area contributed by atoms with Crippen molar-refractivity contribution >= 4 is 28.9 Å². The number of aromatic nitrogens is 3. The lowest BCUT2D eigenvalue weighted by Crippen LogP contribution is -2.67. The number of hydrogen-bond donors (Lipinski definition) is 2. The number of fused-ring (bicyclic) bond motifs is 1. The Balaban J connectivity index is 1.48. The number of aliphatic imine (C=N–C) groups is 1. The number of aryl methyl sites for hydroxylation is 1. The molecule has 0 radical (unpaired) electrons. The molecule has 0 saturated carbocycles. The Kier molecular flexibility index (Phi) is 6.12. The highest BCUT2D eigenvalue weighted by molar-refractivity contribution is 5.90. The number of amides is 1. The standard InChI is InChI=1S/C23H34N9O2/c1-15-10-26-19-18(15)20(28-14-27-19)30-8-9-32(13-24,16(2)11-30)21(25)29-17-6-7-31(12-17)22(33)34-23(3,4)5/h10,14,16-17H,6-9,11-12H2,1-5H3,(H2,25,29)(H,26,27,28)/q+1/t16-,17?,32-/m0/s1. The fourth-order valence-corrected chi connectivity index (χ4v) is 4.75. The van der Waals surface area contributed by atoms with E-state index in [1.54, 1.807) is 11.2 Å². The highest BCUT2D eigenvalue weighted by Crippen LogP contribution is 2.30. The summed E-state index contributed by atoms with van der Waals surface area (Å²) in [5, 5.41) is 11.2. The van der Waals surface area contributed by atoms with Gasteiger partial charge in [0.25, 0.3) is 0 Å². The number of H-pyrrole nitrogens is 1. The van der Waals surface area contributed by atoms with Crippen LogP contribution in [0.25, 0.3) is 11.0 Å². The summed E-state index contributed by atoms with van der Waals surface area (Å²) < 4.78 is 5.43. The molecule has 0 bridgehead atoms. The molecule has 11 nitrogen and oxygen atoms in total. The number of guanidine groups is 1. The molecule has 2 aromatic heterocycles. The summed E-state index contributed by atoms with van der Waals surface area (Å²) in [6.45, 7) is 12.3. The number of rotatable bonds is 2. The number of ether oxygens (including phenoxy) is 1. The third-order valence-electron chi connectivity index (χ3n) is 6.62. The van der Waals surface area contributed by atoms with Crippen LogP contribution in [0.15, 0.2) is 17.5 Å². The Bertz CT molecular complexity index is 1150. The zero-order valence-corrected chi connectivity index (χ0v) is 20.6. The molecule has 182 valence electrons. The van der Waals surface area contributed by atoms with Crippen LogP contribution in [0, 0.1) is 18.4 Å². The smallest absolute Gasteiger partial charge is 0.410 e. The van der Waals surface area contributed by atoms with Crippen LogP contribution in [0.2, 0.25) is 0 Å². The van der Waals surface area contributed by atoms with E-state index >= 15 is 0 Å². The molecule has 2 saturated heterocycles. The number of piperazine rings is 1. The molecular formula is C23H34N9O2+. The van der Waals surface area contributed by atoms with E-state index < -0.39 is 5.60 Å². The predicted octanol–water partition coefficient (Wildman–Crippen LogP) is 2.10. The van der Waals surface area contributed by atoms with Gasteiger partial charge in [-0.3, -0.25) is 0 Å². The maximum absolute atomic E-state index is 12.4. The normalized spacial score (nSPS) is 26.1. The quantitative estimate of drug-likeness (QED) is 0.298. The van der Waals surface area contributed by atoms with Gasteiger partial charge in [0.1, 0.15) is 36.0 Å². The number of nitriles is 1. The lowest BCUT2D eigenvalue weighted by Gasteiger charge is -2.42. The van der Waals surface area contributed by atoms with Gasteiger partial charge >= 0.3 is 18.2 Å². The van der Waals surface area contributed by atoms with Crippen LogP contribution in [0.5, 0.6) is 0 Å². The van der Waals surface area contributed by atoms with Crippen molar-refractivity contribution in [3.05, 3.63) is 18.1 Å². The van der Waals surface area contributed by atoms with Gasteiger partial charge in [0.15, 0.2) is 0 Å². The summed E-state index contributed by atoms with van der Waals surface area (Å²) in [7, 11) is 0. The van der Waals surface area contributed by atoms with Crippen molar-refractivity contribution in [3.8, 4) is 6.19 Å². The molecule has 34 heavy (non-hydrogen) atoms. The van der Waals surface area contributed by atoms with Gasteiger partial charge in [-0.15, -0.1) is 5.26 Å². The summed E-state index contributed by atoms with van der Waals surface area (Å²) in [4.78, 5) is 33.0. The number of quaternary nitrogens is 1. The summed E-state index contributed by atoms with van der Waals surface area (Å²) in [6.07, 6.45) is 6.27. The van der Waals surface area contributed by atoms with Gasteiger partial charge in [-0.2, -0.15) is 4.48 Å². The van der Waals surface area contributed by atoms with E-state index in [0.717, 1.165) is 22.4 Å². The first-order valence-electron chi connectivity index (χ1n) is 11.7. The highest BCUT2D eigenvalue weighted by atomic mass is 16.6. The minimum atomic E-state index is -0.545. The monoisotopic (exact) mass is 468 g/mol. The Hall–Kier alpha value is -3.39. The lowest BCUT2D eigenvalue weighted by molar-refractivity contribution is -0.802. The van der Waals surface area contributed by atoms with Crippen LogP contribution >= 0.6 is 0 Å². The molecule has 0 spiro atoms. The van der Waals surface area contributed by atoms with Gasteiger partial charge in [0.05, 0.1) is 24.5 Å². The fourth-order valence-electron chi connectivity index (χ4n) is 4.75. The molecule has 1 unspecified atom stereocenters. The number of anilines is 1. The van der Waals surface area contributed by atoms with E-state index in [0.29, 0.717) is 45.1 Å². The predicted molar refractivity (Wildman–Crippen MR) is 129 cm³/mol. The van der Waals surface area contributed by atoms with E-state index in [2.05, 4.69) is 26.0 Å². The second kappa shape index (κ2) is 8.76. The summed E-state index contributed by atoms with van der Waals surface area (Å²) in [6, 6.07) is -0.264. The molecule has 3 atom stereocenters.